The number of carbonyl (C=O) groups is 2. The highest BCUT2D eigenvalue weighted by Crippen LogP contribution is 2.06. The van der Waals surface area contributed by atoms with Gasteiger partial charge in [0.25, 0.3) is 0 Å². The predicted octanol–water partition coefficient (Wildman–Crippen LogP) is 1.59. The highest BCUT2D eigenvalue weighted by Gasteiger charge is 2.15. The first-order chi connectivity index (χ1) is 8.93. The van der Waals surface area contributed by atoms with E-state index in [1.165, 1.54) is 0 Å². The number of rotatable bonds is 6. The normalized spacial score (nSPS) is 10.6. The number of nitrogens with zero attached hydrogens (tertiary/aromatic N) is 2. The van der Waals surface area contributed by atoms with Crippen LogP contribution in [0.4, 0.5) is 0 Å². The standard InChI is InChI=1S/C15H22N2O2/c1-5-17(11-15(19)16(3)4)10-14(18)13-8-6-7-12(2)9-13/h6-9H,5,10-11H2,1-4H3. The van der Waals surface area contributed by atoms with E-state index in [-0.39, 0.29) is 24.8 Å². The highest BCUT2D eigenvalue weighted by molar-refractivity contribution is 5.98. The average molecular weight is 262 g/mol. The Morgan fingerprint density at radius 1 is 1.16 bits per heavy atom. The molecule has 0 aliphatic rings. The lowest BCUT2D eigenvalue weighted by Gasteiger charge is -2.21. The number of carbonyl (C=O) groups excluding carboxylic acids is 2. The minimum Gasteiger partial charge on any atom is -0.348 e. The number of ketones is 1. The van der Waals surface area contributed by atoms with E-state index in [0.29, 0.717) is 12.1 Å². The highest BCUT2D eigenvalue weighted by atomic mass is 16.2. The molecule has 0 N–H and O–H groups in total. The fraction of sp³-hybridized carbons (Fsp3) is 0.467. The summed E-state index contributed by atoms with van der Waals surface area (Å²) in [6.45, 7) is 5.15. The molecule has 1 rings (SSSR count). The molecule has 0 heterocycles. The van der Waals surface area contributed by atoms with Gasteiger partial charge in [0, 0.05) is 19.7 Å². The van der Waals surface area contributed by atoms with Gasteiger partial charge in [-0.15, -0.1) is 0 Å². The zero-order chi connectivity index (χ0) is 14.4. The first kappa shape index (κ1) is 15.4. The lowest BCUT2D eigenvalue weighted by atomic mass is 10.1. The molecule has 1 aromatic rings. The Hall–Kier alpha value is -1.68. The molecule has 0 radical (unpaired) electrons. The van der Waals surface area contributed by atoms with Crippen molar-refractivity contribution in [3.05, 3.63) is 35.4 Å². The van der Waals surface area contributed by atoms with Crippen LogP contribution in [0.15, 0.2) is 24.3 Å². The van der Waals surface area contributed by atoms with E-state index in [2.05, 4.69) is 0 Å². The summed E-state index contributed by atoms with van der Waals surface area (Å²) in [4.78, 5) is 27.2. The molecule has 0 fully saturated rings. The Balaban J connectivity index is 2.66. The van der Waals surface area contributed by atoms with E-state index >= 15 is 0 Å². The lowest BCUT2D eigenvalue weighted by molar-refractivity contribution is -0.129. The van der Waals surface area contributed by atoms with Gasteiger partial charge < -0.3 is 4.90 Å². The molecule has 0 aliphatic heterocycles. The molecule has 1 aromatic carbocycles. The monoisotopic (exact) mass is 262 g/mol. The van der Waals surface area contributed by atoms with E-state index in [4.69, 9.17) is 0 Å². The van der Waals surface area contributed by atoms with Crippen molar-refractivity contribution in [2.45, 2.75) is 13.8 Å². The quantitative estimate of drug-likeness (QED) is 0.731. The molecule has 0 atom stereocenters. The number of likely N-dealkylation sites (N-methyl/N-ethyl adjacent to an activating group) is 2. The van der Waals surface area contributed by atoms with E-state index in [9.17, 15) is 9.59 Å². The molecule has 1 amide bonds. The third kappa shape index (κ3) is 4.83. The van der Waals surface area contributed by atoms with Gasteiger partial charge in [0.2, 0.25) is 5.91 Å². The Labute approximate surface area is 115 Å². The molecule has 4 heteroatoms. The number of Topliss-reactive ketones (excluding diaryl/α,β-unsaturated/α-hetero) is 1. The van der Waals surface area contributed by atoms with Crippen LogP contribution in [0.3, 0.4) is 0 Å². The SMILES string of the molecule is CCN(CC(=O)c1cccc(C)c1)CC(=O)N(C)C. The molecule has 0 saturated heterocycles. The summed E-state index contributed by atoms with van der Waals surface area (Å²) in [5, 5.41) is 0. The van der Waals surface area contributed by atoms with Gasteiger partial charge in [-0.3, -0.25) is 14.5 Å². The van der Waals surface area contributed by atoms with Gasteiger partial charge in [-0.1, -0.05) is 30.7 Å². The van der Waals surface area contributed by atoms with Crippen LogP contribution in [0.1, 0.15) is 22.8 Å². The Kier molecular flexibility index (Phi) is 5.70. The van der Waals surface area contributed by atoms with Crippen molar-refractivity contribution in [3.8, 4) is 0 Å². The zero-order valence-corrected chi connectivity index (χ0v) is 12.1. The molecule has 0 bridgehead atoms. The summed E-state index contributed by atoms with van der Waals surface area (Å²) in [6, 6.07) is 7.54. The fourth-order valence-electron chi connectivity index (χ4n) is 1.73. The zero-order valence-electron chi connectivity index (χ0n) is 12.1. The maximum Gasteiger partial charge on any atom is 0.236 e. The largest absolute Gasteiger partial charge is 0.348 e. The second kappa shape index (κ2) is 7.04. The molecule has 104 valence electrons. The smallest absolute Gasteiger partial charge is 0.236 e. The van der Waals surface area contributed by atoms with Crippen molar-refractivity contribution in [3.63, 3.8) is 0 Å². The first-order valence-corrected chi connectivity index (χ1v) is 6.46. The van der Waals surface area contributed by atoms with Crippen LogP contribution in [0.25, 0.3) is 0 Å². The summed E-state index contributed by atoms with van der Waals surface area (Å²) in [7, 11) is 3.44. The summed E-state index contributed by atoms with van der Waals surface area (Å²) < 4.78 is 0. The van der Waals surface area contributed by atoms with Gasteiger partial charge in [0.05, 0.1) is 13.1 Å². The summed E-state index contributed by atoms with van der Waals surface area (Å²) in [5.74, 6) is 0.0657. The molecular formula is C15H22N2O2. The van der Waals surface area contributed by atoms with Crippen LogP contribution in [-0.2, 0) is 4.79 Å². The van der Waals surface area contributed by atoms with Gasteiger partial charge in [0.1, 0.15) is 0 Å². The maximum absolute atomic E-state index is 12.2. The maximum atomic E-state index is 12.2. The van der Waals surface area contributed by atoms with E-state index in [0.717, 1.165) is 5.56 Å². The second-order valence-electron chi connectivity index (χ2n) is 4.88. The minimum absolute atomic E-state index is 0.0129. The molecule has 0 aliphatic carbocycles. The summed E-state index contributed by atoms with van der Waals surface area (Å²) in [6.07, 6.45) is 0. The van der Waals surface area contributed by atoms with Gasteiger partial charge >= 0.3 is 0 Å². The molecule has 0 saturated carbocycles. The van der Waals surface area contributed by atoms with Gasteiger partial charge in [-0.2, -0.15) is 0 Å². The van der Waals surface area contributed by atoms with Crippen LogP contribution >= 0.6 is 0 Å². The van der Waals surface area contributed by atoms with Crippen molar-refractivity contribution in [1.29, 1.82) is 0 Å². The van der Waals surface area contributed by atoms with Crippen LogP contribution < -0.4 is 0 Å². The molecular weight excluding hydrogens is 240 g/mol. The molecule has 19 heavy (non-hydrogen) atoms. The van der Waals surface area contributed by atoms with Crippen LogP contribution in [-0.4, -0.2) is 55.2 Å². The number of benzene rings is 1. The van der Waals surface area contributed by atoms with Crippen LogP contribution in [0.5, 0.6) is 0 Å². The number of aryl methyl sites for hydroxylation is 1. The van der Waals surface area contributed by atoms with Gasteiger partial charge in [0.15, 0.2) is 5.78 Å². The van der Waals surface area contributed by atoms with Crippen molar-refractivity contribution in [2.75, 3.05) is 33.7 Å². The van der Waals surface area contributed by atoms with Crippen LogP contribution in [0.2, 0.25) is 0 Å². The lowest BCUT2D eigenvalue weighted by Crippen LogP contribution is -2.39. The van der Waals surface area contributed by atoms with Crippen molar-refractivity contribution in [1.82, 2.24) is 9.80 Å². The summed E-state index contributed by atoms with van der Waals surface area (Å²) in [5.41, 5.74) is 1.77. The summed E-state index contributed by atoms with van der Waals surface area (Å²) >= 11 is 0. The van der Waals surface area contributed by atoms with E-state index in [1.807, 2.05) is 43.0 Å². The van der Waals surface area contributed by atoms with Gasteiger partial charge in [-0.25, -0.2) is 0 Å². The number of amides is 1. The first-order valence-electron chi connectivity index (χ1n) is 6.46. The molecule has 0 spiro atoms. The molecule has 0 aromatic heterocycles. The number of hydrogen-bond acceptors (Lipinski definition) is 3. The Morgan fingerprint density at radius 2 is 1.84 bits per heavy atom. The average Bonchev–Trinajstić information content (AvgIpc) is 2.37. The second-order valence-corrected chi connectivity index (χ2v) is 4.88. The predicted molar refractivity (Wildman–Crippen MR) is 76.3 cm³/mol. The molecule has 0 unspecified atom stereocenters. The Bertz CT molecular complexity index is 455. The van der Waals surface area contributed by atoms with Crippen molar-refractivity contribution >= 4 is 11.7 Å². The number of hydrogen-bond donors (Lipinski definition) is 0. The van der Waals surface area contributed by atoms with Crippen molar-refractivity contribution < 1.29 is 9.59 Å². The van der Waals surface area contributed by atoms with E-state index in [1.54, 1.807) is 19.0 Å². The third-order valence-electron chi connectivity index (χ3n) is 3.01. The van der Waals surface area contributed by atoms with E-state index < -0.39 is 0 Å². The van der Waals surface area contributed by atoms with Gasteiger partial charge in [-0.05, 0) is 19.5 Å². The fourth-order valence-corrected chi connectivity index (χ4v) is 1.73. The minimum atomic E-state index is 0.0129. The third-order valence-corrected chi connectivity index (χ3v) is 3.01. The van der Waals surface area contributed by atoms with Crippen molar-refractivity contribution in [2.24, 2.45) is 0 Å². The molecule has 4 nitrogen and oxygen atoms in total. The van der Waals surface area contributed by atoms with Crippen LogP contribution in [0, 0.1) is 6.92 Å². The topological polar surface area (TPSA) is 40.6 Å². The Morgan fingerprint density at radius 3 is 2.37 bits per heavy atom.